The summed E-state index contributed by atoms with van der Waals surface area (Å²) in [6.07, 6.45) is 1.19. The number of nitrogens with zero attached hydrogens (tertiary/aromatic N) is 1. The second-order valence-electron chi connectivity index (χ2n) is 3.55. The van der Waals surface area contributed by atoms with Crippen molar-refractivity contribution in [1.29, 1.82) is 0 Å². The fourth-order valence-corrected chi connectivity index (χ4v) is 3.35. The molecule has 1 heterocycles. The Morgan fingerprint density at radius 1 is 1.16 bits per heavy atom. The first kappa shape index (κ1) is 14.6. The first-order valence-corrected chi connectivity index (χ1v) is 8.01. The van der Waals surface area contributed by atoms with E-state index in [0.717, 1.165) is 0 Å². The Kier molecular flexibility index (Phi) is 4.35. The minimum absolute atomic E-state index is 0.0266. The number of anilines is 1. The molecule has 0 radical (unpaired) electrons. The predicted octanol–water partition coefficient (Wildman–Crippen LogP) is 3.95. The summed E-state index contributed by atoms with van der Waals surface area (Å²) in [4.78, 5) is 3.76. The summed E-state index contributed by atoms with van der Waals surface area (Å²) in [5.41, 5.74) is 0.388. The molecule has 0 aliphatic carbocycles. The topological polar surface area (TPSA) is 59.1 Å². The van der Waals surface area contributed by atoms with E-state index < -0.39 is 10.0 Å². The van der Waals surface area contributed by atoms with E-state index in [4.69, 9.17) is 23.2 Å². The standard InChI is InChI=1S/C11H7BrCl2N2O2S/c12-9-5-7(13)1-3-10(9)16-19(17,18)8-2-4-11(14)15-6-8/h1-6,16H. The Hall–Kier alpha value is -0.820. The zero-order valence-corrected chi connectivity index (χ0v) is 13.2. The van der Waals surface area contributed by atoms with Crippen LogP contribution in [0.3, 0.4) is 0 Å². The molecule has 0 saturated carbocycles. The Morgan fingerprint density at radius 3 is 2.47 bits per heavy atom. The van der Waals surface area contributed by atoms with E-state index in [1.807, 2.05) is 0 Å². The van der Waals surface area contributed by atoms with Gasteiger partial charge in [0, 0.05) is 15.7 Å². The second kappa shape index (κ2) is 5.66. The molecule has 1 aromatic carbocycles. The molecule has 1 N–H and O–H groups in total. The first-order valence-electron chi connectivity index (χ1n) is 4.98. The monoisotopic (exact) mass is 380 g/mol. The van der Waals surface area contributed by atoms with Gasteiger partial charge in [-0.1, -0.05) is 23.2 Å². The number of benzene rings is 1. The molecule has 0 amide bonds. The van der Waals surface area contributed by atoms with Crippen molar-refractivity contribution in [2.45, 2.75) is 4.90 Å². The van der Waals surface area contributed by atoms with Gasteiger partial charge in [0.1, 0.15) is 10.0 Å². The van der Waals surface area contributed by atoms with Gasteiger partial charge in [0.05, 0.1) is 5.69 Å². The second-order valence-corrected chi connectivity index (χ2v) is 6.91. The van der Waals surface area contributed by atoms with Crippen LogP contribution in [0.15, 0.2) is 45.9 Å². The van der Waals surface area contributed by atoms with Crippen LogP contribution in [0.1, 0.15) is 0 Å². The van der Waals surface area contributed by atoms with Crippen molar-refractivity contribution in [2.75, 3.05) is 4.72 Å². The van der Waals surface area contributed by atoms with Crippen molar-refractivity contribution in [3.63, 3.8) is 0 Å². The van der Waals surface area contributed by atoms with Crippen molar-refractivity contribution in [3.8, 4) is 0 Å². The highest BCUT2D eigenvalue weighted by Crippen LogP contribution is 2.27. The number of halogens is 3. The molecular weight excluding hydrogens is 375 g/mol. The number of hydrogen-bond acceptors (Lipinski definition) is 3. The minimum atomic E-state index is -3.71. The van der Waals surface area contributed by atoms with E-state index >= 15 is 0 Å². The van der Waals surface area contributed by atoms with E-state index in [0.29, 0.717) is 15.2 Å². The number of sulfonamides is 1. The molecule has 0 fully saturated rings. The lowest BCUT2D eigenvalue weighted by atomic mass is 10.3. The summed E-state index contributed by atoms with van der Waals surface area (Å²) < 4.78 is 27.2. The van der Waals surface area contributed by atoms with Gasteiger partial charge in [-0.15, -0.1) is 0 Å². The van der Waals surface area contributed by atoms with Gasteiger partial charge in [-0.25, -0.2) is 13.4 Å². The van der Waals surface area contributed by atoms with Crippen molar-refractivity contribution < 1.29 is 8.42 Å². The van der Waals surface area contributed by atoms with Gasteiger partial charge in [0.15, 0.2) is 0 Å². The van der Waals surface area contributed by atoms with Crippen LogP contribution in [0.5, 0.6) is 0 Å². The summed E-state index contributed by atoms with van der Waals surface area (Å²) in [6.45, 7) is 0. The third kappa shape index (κ3) is 3.60. The molecule has 0 unspecified atom stereocenters. The zero-order chi connectivity index (χ0) is 14.0. The normalized spacial score (nSPS) is 11.3. The fraction of sp³-hybridized carbons (Fsp3) is 0. The quantitative estimate of drug-likeness (QED) is 0.818. The lowest BCUT2D eigenvalue weighted by molar-refractivity contribution is 0.601. The van der Waals surface area contributed by atoms with Gasteiger partial charge in [-0.05, 0) is 46.3 Å². The predicted molar refractivity (Wildman–Crippen MR) is 79.2 cm³/mol. The lowest BCUT2D eigenvalue weighted by Gasteiger charge is -2.09. The van der Waals surface area contributed by atoms with Gasteiger partial charge < -0.3 is 0 Å². The molecule has 0 aliphatic heterocycles. The Labute approximate surface area is 128 Å². The van der Waals surface area contributed by atoms with Crippen LogP contribution < -0.4 is 4.72 Å². The van der Waals surface area contributed by atoms with Gasteiger partial charge in [-0.3, -0.25) is 4.72 Å². The van der Waals surface area contributed by atoms with Crippen molar-refractivity contribution in [2.24, 2.45) is 0 Å². The molecule has 1 aromatic heterocycles. The van der Waals surface area contributed by atoms with Gasteiger partial charge in [0.25, 0.3) is 10.0 Å². The molecule has 4 nitrogen and oxygen atoms in total. The SMILES string of the molecule is O=S(=O)(Nc1ccc(Cl)cc1Br)c1ccc(Cl)nc1. The number of aromatic nitrogens is 1. The summed E-state index contributed by atoms with van der Waals surface area (Å²) in [5.74, 6) is 0. The zero-order valence-electron chi connectivity index (χ0n) is 9.27. The van der Waals surface area contributed by atoms with Crippen LogP contribution in [0, 0.1) is 0 Å². The molecule has 2 aromatic rings. The maximum atomic E-state index is 12.1. The molecule has 8 heteroatoms. The van der Waals surface area contributed by atoms with Gasteiger partial charge in [0.2, 0.25) is 0 Å². The Morgan fingerprint density at radius 2 is 1.89 bits per heavy atom. The van der Waals surface area contributed by atoms with Crippen molar-refractivity contribution >= 4 is 54.8 Å². The fourth-order valence-electron chi connectivity index (χ4n) is 1.30. The molecule has 19 heavy (non-hydrogen) atoms. The lowest BCUT2D eigenvalue weighted by Crippen LogP contribution is -2.13. The van der Waals surface area contributed by atoms with Crippen molar-refractivity contribution in [1.82, 2.24) is 4.98 Å². The van der Waals surface area contributed by atoms with E-state index in [2.05, 4.69) is 25.6 Å². The number of nitrogens with one attached hydrogen (secondary N) is 1. The number of pyridine rings is 1. The molecule has 0 atom stereocenters. The summed E-state index contributed by atoms with van der Waals surface area (Å²) >= 11 is 14.6. The summed E-state index contributed by atoms with van der Waals surface area (Å²) in [5, 5.41) is 0.731. The van der Waals surface area contributed by atoms with Crippen LogP contribution in [0.4, 0.5) is 5.69 Å². The highest BCUT2D eigenvalue weighted by atomic mass is 79.9. The average Bonchev–Trinajstić information content (AvgIpc) is 2.33. The Balaban J connectivity index is 2.33. The maximum absolute atomic E-state index is 12.1. The molecule has 0 spiro atoms. The van der Waals surface area contributed by atoms with Crippen LogP contribution in [0.25, 0.3) is 0 Å². The molecule has 2 rings (SSSR count). The van der Waals surface area contributed by atoms with E-state index in [1.165, 1.54) is 18.3 Å². The van der Waals surface area contributed by atoms with Crippen LogP contribution in [-0.4, -0.2) is 13.4 Å². The first-order chi connectivity index (χ1) is 8.88. The molecule has 0 bridgehead atoms. The van der Waals surface area contributed by atoms with Crippen LogP contribution in [0.2, 0.25) is 10.2 Å². The molecular formula is C11H7BrCl2N2O2S. The van der Waals surface area contributed by atoms with Crippen LogP contribution in [-0.2, 0) is 10.0 Å². The van der Waals surface area contributed by atoms with Crippen LogP contribution >= 0.6 is 39.1 Å². The third-order valence-corrected chi connectivity index (χ3v) is 4.65. The largest absolute Gasteiger partial charge is 0.278 e. The van der Waals surface area contributed by atoms with Crippen molar-refractivity contribution in [3.05, 3.63) is 51.2 Å². The average molecular weight is 382 g/mol. The maximum Gasteiger partial charge on any atom is 0.263 e. The van der Waals surface area contributed by atoms with E-state index in [9.17, 15) is 8.42 Å². The summed E-state index contributed by atoms with van der Waals surface area (Å²) in [7, 11) is -3.71. The number of rotatable bonds is 3. The van der Waals surface area contributed by atoms with Gasteiger partial charge >= 0.3 is 0 Å². The molecule has 0 aliphatic rings. The number of hydrogen-bond donors (Lipinski definition) is 1. The van der Waals surface area contributed by atoms with E-state index in [1.54, 1.807) is 18.2 Å². The molecule has 0 saturated heterocycles. The minimum Gasteiger partial charge on any atom is -0.278 e. The summed E-state index contributed by atoms with van der Waals surface area (Å²) in [6, 6.07) is 7.53. The van der Waals surface area contributed by atoms with Gasteiger partial charge in [-0.2, -0.15) is 0 Å². The molecule has 100 valence electrons. The third-order valence-electron chi connectivity index (χ3n) is 2.19. The van der Waals surface area contributed by atoms with E-state index in [-0.39, 0.29) is 10.0 Å². The Bertz CT molecular complexity index is 705. The highest BCUT2D eigenvalue weighted by molar-refractivity contribution is 9.10. The highest BCUT2D eigenvalue weighted by Gasteiger charge is 2.16. The smallest absolute Gasteiger partial charge is 0.263 e.